The van der Waals surface area contributed by atoms with Gasteiger partial charge in [-0.2, -0.15) is 17.6 Å². The largest absolute Gasteiger partial charge is 0.297 e. The summed E-state index contributed by atoms with van der Waals surface area (Å²) in [7, 11) is 8.77. The van der Waals surface area contributed by atoms with Crippen LogP contribution >= 0.6 is 0 Å². The van der Waals surface area contributed by atoms with Gasteiger partial charge in [0.15, 0.2) is 44.1 Å². The number of aryl methyl sites for hydroxylation is 8. The van der Waals surface area contributed by atoms with Crippen molar-refractivity contribution in [1.29, 1.82) is 0 Å². The van der Waals surface area contributed by atoms with Crippen molar-refractivity contribution in [2.75, 3.05) is 0 Å². The first kappa shape index (κ1) is 84.5. The number of para-hydroxylation sites is 3. The fraction of sp³-hybridized carbons (Fsp3) is 0.357. The number of rotatable bonds is 16. The van der Waals surface area contributed by atoms with E-state index in [0.717, 1.165) is 73.4 Å². The van der Waals surface area contributed by atoms with Crippen molar-refractivity contribution in [3.63, 3.8) is 0 Å². The third-order valence-corrected chi connectivity index (χ3v) is 25.8. The van der Waals surface area contributed by atoms with Gasteiger partial charge in [0.1, 0.15) is 22.1 Å². The second kappa shape index (κ2) is 33.7. The molecule has 0 aliphatic heterocycles. The molecule has 0 atom stereocenters. The normalized spacial score (nSPS) is 12.4. The Labute approximate surface area is 731 Å². The maximum absolute atomic E-state index is 4.94. The Morgan fingerprint density at radius 3 is 1.14 bits per heavy atom. The third kappa shape index (κ3) is 14.9. The molecule has 20 aromatic rings. The van der Waals surface area contributed by atoms with Crippen LogP contribution in [0, 0.1) is 75.0 Å². The molecule has 0 unspecified atom stereocenters. The van der Waals surface area contributed by atoms with Crippen molar-refractivity contribution in [3.05, 3.63) is 261 Å². The maximum atomic E-state index is 4.94. The maximum Gasteiger partial charge on any atom is 0.297 e. The van der Waals surface area contributed by atoms with Gasteiger partial charge in [-0.3, -0.25) is 19.9 Å². The topological polar surface area (TPSA) is 85.5 Å². The van der Waals surface area contributed by atoms with E-state index in [1.165, 1.54) is 199 Å². The molecule has 124 heavy (non-hydrogen) atoms. The zero-order chi connectivity index (χ0) is 87.4. The van der Waals surface area contributed by atoms with Crippen LogP contribution in [0.5, 0.6) is 0 Å². The Kier molecular flexibility index (Phi) is 23.0. The lowest BCUT2D eigenvalue weighted by Crippen LogP contribution is -2.27. The van der Waals surface area contributed by atoms with Crippen LogP contribution in [-0.2, 0) is 79.6 Å². The van der Waals surface area contributed by atoms with Gasteiger partial charge in [0.2, 0.25) is 0 Å². The minimum Gasteiger partial charge on any atom is -0.255 e. The molecule has 0 radical (unpaired) electrons. The highest BCUT2D eigenvalue weighted by molar-refractivity contribution is 6.16. The molecule has 0 fully saturated rings. The van der Waals surface area contributed by atoms with Crippen LogP contribution in [0.4, 0.5) is 0 Å². The van der Waals surface area contributed by atoms with E-state index >= 15 is 0 Å². The van der Waals surface area contributed by atoms with Crippen molar-refractivity contribution >= 4 is 154 Å². The van der Waals surface area contributed by atoms with E-state index in [-0.39, 0.29) is 0 Å². The molecule has 12 heterocycles. The van der Waals surface area contributed by atoms with E-state index in [9.17, 15) is 0 Å². The average Bonchev–Trinajstić information content (AvgIpc) is 1.54. The van der Waals surface area contributed by atoms with E-state index in [1.807, 2.05) is 24.8 Å². The summed E-state index contributed by atoms with van der Waals surface area (Å²) in [6.07, 6.45) is 16.5. The van der Waals surface area contributed by atoms with Crippen LogP contribution in [-0.4, -0.2) is 37.7 Å². The minimum absolute atomic E-state index is 0.593. The van der Waals surface area contributed by atoms with Crippen LogP contribution in [0.25, 0.3) is 154 Å². The van der Waals surface area contributed by atoms with E-state index in [4.69, 9.17) is 19.9 Å². The predicted molar refractivity (Wildman–Crippen MR) is 523 cm³/mol. The second-order valence-electron chi connectivity index (χ2n) is 39.6. The van der Waals surface area contributed by atoms with Gasteiger partial charge in [0, 0.05) is 35.7 Å². The summed E-state index contributed by atoms with van der Waals surface area (Å²) in [5.74, 6) is 4.91. The lowest BCUT2D eigenvalue weighted by Gasteiger charge is -2.16. The van der Waals surface area contributed by atoms with Crippen molar-refractivity contribution in [1.82, 2.24) is 37.7 Å². The molecular formula is C112H128N12+4. The van der Waals surface area contributed by atoms with Gasteiger partial charge in [-0.15, -0.1) is 0 Å². The summed E-state index contributed by atoms with van der Waals surface area (Å²) in [5.41, 5.74) is 41.1. The first-order valence-corrected chi connectivity index (χ1v) is 45.9. The van der Waals surface area contributed by atoms with Gasteiger partial charge in [0.05, 0.1) is 88.0 Å². The lowest BCUT2D eigenvalue weighted by molar-refractivity contribution is -0.617. The first-order chi connectivity index (χ1) is 59.5. The molecule has 0 bridgehead atoms. The minimum atomic E-state index is 0.593. The second-order valence-corrected chi connectivity index (χ2v) is 39.6. The molecule has 0 saturated heterocycles. The van der Waals surface area contributed by atoms with E-state index in [0.29, 0.717) is 47.3 Å². The standard InChI is InChI=1S/4C28H32N3/c1-17(2)15-20-9-7-11-22-25(20)26-24(19(5)13-14-29-26)28-30(6)23-12-8-10-21(16-18(3)4)27(23)31(22)28;1-17(2)14-20-10-11-22-24(16-20)30(6)28-25-19(5)12-13-29-27(25)26-21(15-18(3)4)8-7-9-23(26)31(22)28;1-17(2)14-20-10-11-22-24(16-20)31-23-9-7-8-21(15-18(3)4)26(23)27-25(28(31)30(22)6)19(5)12-13-29-27;1-17(2)13-20-15-22-25(16-21(20)14-18(3)4)31-24-10-8-7-9-23(24)30(6)28(31)26-19(5)11-12-29-27(22)26/h7-14,17-18H,15-16H2,1-6H3;2*7-13,16-18H,14-15H2,1-6H3;7-12,15-18H,13-14H2,1-6H3/q4*+1. The Morgan fingerprint density at radius 2 is 0.621 bits per heavy atom. The van der Waals surface area contributed by atoms with Gasteiger partial charge in [-0.1, -0.05) is 184 Å². The zero-order valence-electron chi connectivity index (χ0n) is 78.1. The molecule has 8 aromatic carbocycles. The van der Waals surface area contributed by atoms with Gasteiger partial charge >= 0.3 is 0 Å². The quantitative estimate of drug-likeness (QED) is 0.0712. The van der Waals surface area contributed by atoms with Crippen molar-refractivity contribution in [3.8, 4) is 0 Å². The fourth-order valence-corrected chi connectivity index (χ4v) is 20.9. The number of hydrogen-bond acceptors (Lipinski definition) is 4. The van der Waals surface area contributed by atoms with Gasteiger partial charge in [-0.05, 0) is 285 Å². The first-order valence-electron chi connectivity index (χ1n) is 45.9. The monoisotopic (exact) mass is 1640 g/mol. The summed E-state index contributed by atoms with van der Waals surface area (Å²) in [6, 6.07) is 63.2. The number of pyridine rings is 8. The molecule has 0 saturated carbocycles. The number of hydrogen-bond donors (Lipinski definition) is 0. The third-order valence-electron chi connectivity index (χ3n) is 25.8. The summed E-state index contributed by atoms with van der Waals surface area (Å²) in [4.78, 5) is 19.7. The van der Waals surface area contributed by atoms with Crippen molar-refractivity contribution in [2.45, 2.75) is 190 Å². The number of fused-ring (bicyclic) bond motifs is 32. The van der Waals surface area contributed by atoms with Crippen LogP contribution in [0.15, 0.2) is 195 Å². The van der Waals surface area contributed by atoms with Crippen molar-refractivity contribution < 1.29 is 18.1 Å². The molecule has 0 spiro atoms. The molecule has 12 heteroatoms. The molecule has 0 N–H and O–H groups in total. The molecule has 0 aliphatic rings. The highest BCUT2D eigenvalue weighted by atomic mass is 15.1. The molecule has 20 rings (SSSR count). The van der Waals surface area contributed by atoms with Crippen LogP contribution in [0.1, 0.15) is 178 Å². The lowest BCUT2D eigenvalue weighted by atomic mass is 9.90. The molecule has 0 aliphatic carbocycles. The van der Waals surface area contributed by atoms with Crippen LogP contribution in [0.2, 0.25) is 0 Å². The van der Waals surface area contributed by atoms with Crippen molar-refractivity contribution in [2.24, 2.45) is 75.5 Å². The number of imidazole rings is 4. The Morgan fingerprint density at radius 1 is 0.266 bits per heavy atom. The summed E-state index contributed by atoms with van der Waals surface area (Å²) < 4.78 is 19.3. The predicted octanol–water partition coefficient (Wildman–Crippen LogP) is 25.3. The summed E-state index contributed by atoms with van der Waals surface area (Å²) >= 11 is 0. The number of nitrogens with zero attached hydrogens (tertiary/aromatic N) is 12. The zero-order valence-corrected chi connectivity index (χ0v) is 78.1. The highest BCUT2D eigenvalue weighted by Gasteiger charge is 2.33. The van der Waals surface area contributed by atoms with E-state index in [2.05, 4.69) is 372 Å². The fourth-order valence-electron chi connectivity index (χ4n) is 20.9. The summed E-state index contributed by atoms with van der Waals surface area (Å²) in [6.45, 7) is 45.6. The van der Waals surface area contributed by atoms with Gasteiger partial charge in [0.25, 0.3) is 22.6 Å². The summed E-state index contributed by atoms with van der Waals surface area (Å²) in [5, 5.41) is 10.2. The van der Waals surface area contributed by atoms with Crippen LogP contribution in [0.3, 0.4) is 0 Å². The molecule has 12 nitrogen and oxygen atoms in total. The Bertz CT molecular complexity index is 7570. The van der Waals surface area contributed by atoms with Crippen LogP contribution < -0.4 is 18.1 Å². The highest BCUT2D eigenvalue weighted by Crippen LogP contribution is 2.41. The smallest absolute Gasteiger partial charge is 0.255 e. The number of benzene rings is 8. The molecule has 0 amide bonds. The Hall–Kier alpha value is -11.8. The average molecular weight is 1640 g/mol. The van der Waals surface area contributed by atoms with E-state index < -0.39 is 0 Å². The van der Waals surface area contributed by atoms with Gasteiger partial charge in [-0.25, -0.2) is 18.3 Å². The molecular weight excluding hydrogens is 1510 g/mol. The molecule has 12 aromatic heterocycles. The Balaban J connectivity index is 0.000000117. The SMILES string of the molecule is Cc1ccnc2c3c(CC(C)C)cccc3[n+]3c4ccc(CC(C)C)cc4n(C)c3c12.Cc1ccnc2c3c(CC(C)C)cccc3n3c4c(CC(C)C)cccc4[n+](C)c3c12.Cc1ccnc2c3c(CC(C)C)cccc3n3c4cc(CC(C)C)ccc4[n+](C)c3c12.Cc1ccnc2c3cc(CC(C)C)c(CC(C)C)cc3n3c4ccccc4[n+](C)c3c12. The van der Waals surface area contributed by atoms with E-state index in [1.54, 1.807) is 0 Å². The number of aromatic nitrogens is 12. The van der Waals surface area contributed by atoms with Gasteiger partial charge < -0.3 is 0 Å². The molecule has 632 valence electrons.